The molecule has 1 aliphatic rings. The van der Waals surface area contributed by atoms with E-state index in [0.29, 0.717) is 13.0 Å². The van der Waals surface area contributed by atoms with E-state index in [4.69, 9.17) is 4.74 Å². The summed E-state index contributed by atoms with van der Waals surface area (Å²) in [6.07, 6.45) is 1.50. The molecular weight excluding hydrogens is 294 g/mol. The van der Waals surface area contributed by atoms with Crippen LogP contribution >= 0.6 is 12.6 Å². The molecule has 1 saturated heterocycles. The highest BCUT2D eigenvalue weighted by Crippen LogP contribution is 2.23. The van der Waals surface area contributed by atoms with Crippen molar-refractivity contribution in [3.63, 3.8) is 0 Å². The van der Waals surface area contributed by atoms with Crippen molar-refractivity contribution in [2.24, 2.45) is 0 Å². The molecule has 0 saturated carbocycles. The van der Waals surface area contributed by atoms with Gasteiger partial charge in [0.1, 0.15) is 11.5 Å². The van der Waals surface area contributed by atoms with Crippen molar-refractivity contribution in [1.82, 2.24) is 4.90 Å². The van der Waals surface area contributed by atoms with Gasteiger partial charge >= 0.3 is 0 Å². The average molecular weight is 313 g/mol. The second-order valence-electron chi connectivity index (χ2n) is 5.52. The van der Waals surface area contributed by atoms with Crippen LogP contribution in [-0.2, 0) is 11.3 Å². The third kappa shape index (κ3) is 3.83. The highest BCUT2D eigenvalue weighted by molar-refractivity contribution is 7.81. The summed E-state index contributed by atoms with van der Waals surface area (Å²) in [5.74, 6) is 1.81. The van der Waals surface area contributed by atoms with Crippen molar-refractivity contribution in [2.75, 3.05) is 6.54 Å². The highest BCUT2D eigenvalue weighted by Gasteiger charge is 2.23. The van der Waals surface area contributed by atoms with Crippen molar-refractivity contribution in [3.8, 4) is 11.5 Å². The first-order valence-corrected chi connectivity index (χ1v) is 8.00. The monoisotopic (exact) mass is 313 g/mol. The quantitative estimate of drug-likeness (QED) is 0.868. The van der Waals surface area contributed by atoms with Gasteiger partial charge < -0.3 is 9.64 Å². The maximum Gasteiger partial charge on any atom is 0.223 e. The second-order valence-corrected chi connectivity index (χ2v) is 6.25. The smallest absolute Gasteiger partial charge is 0.223 e. The van der Waals surface area contributed by atoms with Crippen molar-refractivity contribution in [2.45, 2.75) is 24.6 Å². The lowest BCUT2D eigenvalue weighted by Gasteiger charge is -2.29. The third-order valence-corrected chi connectivity index (χ3v) is 4.21. The average Bonchev–Trinajstić information content (AvgIpc) is 2.53. The van der Waals surface area contributed by atoms with Crippen molar-refractivity contribution in [3.05, 3.63) is 60.2 Å². The molecule has 3 rings (SSSR count). The number of piperidine rings is 1. The van der Waals surface area contributed by atoms with Crippen LogP contribution in [0.3, 0.4) is 0 Å². The normalized spacial score (nSPS) is 18.3. The summed E-state index contributed by atoms with van der Waals surface area (Å²) in [4.78, 5) is 13.9. The van der Waals surface area contributed by atoms with Crippen LogP contribution in [-0.4, -0.2) is 22.6 Å². The first-order valence-electron chi connectivity index (χ1n) is 7.48. The molecule has 1 unspecified atom stereocenters. The summed E-state index contributed by atoms with van der Waals surface area (Å²) in [7, 11) is 0. The lowest BCUT2D eigenvalue weighted by atomic mass is 10.1. The van der Waals surface area contributed by atoms with E-state index in [0.717, 1.165) is 30.0 Å². The first kappa shape index (κ1) is 15.0. The number of ether oxygens (including phenoxy) is 1. The van der Waals surface area contributed by atoms with E-state index in [1.165, 1.54) is 0 Å². The largest absolute Gasteiger partial charge is 0.457 e. The lowest BCUT2D eigenvalue weighted by Crippen LogP contribution is -2.38. The van der Waals surface area contributed by atoms with Crippen molar-refractivity contribution in [1.29, 1.82) is 0 Å². The van der Waals surface area contributed by atoms with Crippen LogP contribution in [0.5, 0.6) is 11.5 Å². The number of amides is 1. The van der Waals surface area contributed by atoms with Crippen LogP contribution in [0.1, 0.15) is 18.4 Å². The molecule has 1 heterocycles. The molecule has 0 bridgehead atoms. The molecule has 114 valence electrons. The fraction of sp³-hybridized carbons (Fsp3) is 0.278. The number of carbonyl (C=O) groups is 1. The summed E-state index contributed by atoms with van der Waals surface area (Å²) in [6, 6.07) is 17.6. The molecule has 0 aromatic heterocycles. The molecule has 0 aliphatic carbocycles. The van der Waals surface area contributed by atoms with Crippen molar-refractivity contribution >= 4 is 18.5 Å². The van der Waals surface area contributed by atoms with Gasteiger partial charge in [0.2, 0.25) is 5.91 Å². The van der Waals surface area contributed by atoms with E-state index in [1.807, 2.05) is 59.5 Å². The number of thiol groups is 1. The summed E-state index contributed by atoms with van der Waals surface area (Å²) >= 11 is 4.38. The Morgan fingerprint density at radius 2 is 1.73 bits per heavy atom. The number of carbonyl (C=O) groups excluding carboxylic acids is 1. The molecule has 0 radical (unpaired) electrons. The van der Waals surface area contributed by atoms with Gasteiger partial charge in [-0.3, -0.25) is 4.79 Å². The minimum absolute atomic E-state index is 0.191. The van der Waals surface area contributed by atoms with E-state index in [2.05, 4.69) is 12.6 Å². The van der Waals surface area contributed by atoms with Crippen LogP contribution in [0.2, 0.25) is 0 Å². The molecule has 1 atom stereocenters. The van der Waals surface area contributed by atoms with Gasteiger partial charge in [-0.15, -0.1) is 0 Å². The minimum Gasteiger partial charge on any atom is -0.457 e. The number of nitrogens with zero attached hydrogens (tertiary/aromatic N) is 1. The van der Waals surface area contributed by atoms with E-state index in [9.17, 15) is 4.79 Å². The SMILES string of the molecule is O=C1CC(S)CCN1Cc1ccc(Oc2ccccc2)cc1. The van der Waals surface area contributed by atoms with E-state index >= 15 is 0 Å². The zero-order chi connectivity index (χ0) is 15.4. The molecule has 22 heavy (non-hydrogen) atoms. The highest BCUT2D eigenvalue weighted by atomic mass is 32.1. The van der Waals surface area contributed by atoms with E-state index in [1.54, 1.807) is 0 Å². The van der Waals surface area contributed by atoms with E-state index < -0.39 is 0 Å². The number of rotatable bonds is 4. The number of likely N-dealkylation sites (tertiary alicyclic amines) is 1. The Bertz CT molecular complexity index is 627. The van der Waals surface area contributed by atoms with E-state index in [-0.39, 0.29) is 11.2 Å². The predicted molar refractivity (Wildman–Crippen MR) is 90.4 cm³/mol. The second kappa shape index (κ2) is 6.88. The Kier molecular flexibility index (Phi) is 4.68. The van der Waals surface area contributed by atoms with Crippen LogP contribution in [0, 0.1) is 0 Å². The first-order chi connectivity index (χ1) is 10.7. The Morgan fingerprint density at radius 3 is 2.41 bits per heavy atom. The maximum absolute atomic E-state index is 12.0. The van der Waals surface area contributed by atoms with Crippen LogP contribution in [0.4, 0.5) is 0 Å². The Balaban J connectivity index is 1.61. The maximum atomic E-state index is 12.0. The third-order valence-electron chi connectivity index (χ3n) is 3.77. The predicted octanol–water partition coefficient (Wildman–Crippen LogP) is 3.90. The van der Waals surface area contributed by atoms with Crippen molar-refractivity contribution < 1.29 is 9.53 Å². The molecule has 2 aromatic rings. The molecule has 0 spiro atoms. The standard InChI is InChI=1S/C18H19NO2S/c20-18-12-17(22)10-11-19(18)13-14-6-8-16(9-7-14)21-15-4-2-1-3-5-15/h1-9,17,22H,10-13H2. The van der Waals surface area contributed by atoms with Crippen LogP contribution < -0.4 is 4.74 Å². The fourth-order valence-corrected chi connectivity index (χ4v) is 2.81. The summed E-state index contributed by atoms with van der Waals surface area (Å²) in [5, 5.41) is 0.213. The zero-order valence-corrected chi connectivity index (χ0v) is 13.2. The minimum atomic E-state index is 0.191. The zero-order valence-electron chi connectivity index (χ0n) is 12.3. The Labute approximate surface area is 136 Å². The van der Waals surface area contributed by atoms with Gasteiger partial charge in [-0.2, -0.15) is 12.6 Å². The number of benzene rings is 2. The molecule has 1 amide bonds. The number of para-hydroxylation sites is 1. The molecule has 1 aliphatic heterocycles. The lowest BCUT2D eigenvalue weighted by molar-refractivity contribution is -0.133. The van der Waals surface area contributed by atoms with Gasteiger partial charge in [-0.05, 0) is 36.2 Å². The molecule has 4 heteroatoms. The fourth-order valence-electron chi connectivity index (χ4n) is 2.54. The van der Waals surface area contributed by atoms with Crippen LogP contribution in [0.25, 0.3) is 0 Å². The van der Waals surface area contributed by atoms with Crippen LogP contribution in [0.15, 0.2) is 54.6 Å². The molecule has 1 fully saturated rings. The summed E-state index contributed by atoms with van der Waals surface area (Å²) < 4.78 is 5.77. The molecular formula is C18H19NO2S. The molecule has 3 nitrogen and oxygen atoms in total. The van der Waals surface area contributed by atoms with Gasteiger partial charge in [0.15, 0.2) is 0 Å². The van der Waals surface area contributed by atoms with Gasteiger partial charge in [0.05, 0.1) is 0 Å². The molecule has 0 N–H and O–H groups in total. The summed E-state index contributed by atoms with van der Waals surface area (Å²) in [5.41, 5.74) is 1.12. The van der Waals surface area contributed by atoms with Gasteiger partial charge in [0, 0.05) is 24.8 Å². The Hall–Kier alpha value is -1.94. The van der Waals surface area contributed by atoms with Gasteiger partial charge in [0.25, 0.3) is 0 Å². The van der Waals surface area contributed by atoms with Gasteiger partial charge in [-0.25, -0.2) is 0 Å². The van der Waals surface area contributed by atoms with Gasteiger partial charge in [-0.1, -0.05) is 30.3 Å². The number of hydrogen-bond donors (Lipinski definition) is 1. The summed E-state index contributed by atoms with van der Waals surface area (Å²) in [6.45, 7) is 1.44. The Morgan fingerprint density at radius 1 is 1.05 bits per heavy atom. The number of hydrogen-bond acceptors (Lipinski definition) is 3. The molecule has 2 aromatic carbocycles. The topological polar surface area (TPSA) is 29.5 Å².